The summed E-state index contributed by atoms with van der Waals surface area (Å²) < 4.78 is 11.3. The van der Waals surface area contributed by atoms with E-state index in [2.05, 4.69) is 23.2 Å². The second-order valence-corrected chi connectivity index (χ2v) is 7.78. The highest BCUT2D eigenvalue weighted by Crippen LogP contribution is 2.47. The highest BCUT2D eigenvalue weighted by Gasteiger charge is 2.36. The van der Waals surface area contributed by atoms with E-state index in [1.807, 2.05) is 25.2 Å². The van der Waals surface area contributed by atoms with Crippen LogP contribution in [0.4, 0.5) is 5.69 Å². The van der Waals surface area contributed by atoms with Gasteiger partial charge in [0.05, 0.1) is 6.54 Å². The second-order valence-electron chi connectivity index (χ2n) is 7.78. The van der Waals surface area contributed by atoms with Crippen LogP contribution in [0.1, 0.15) is 43.3 Å². The molecule has 1 aromatic carbocycles. The second kappa shape index (κ2) is 7.28. The Morgan fingerprint density at radius 2 is 1.96 bits per heavy atom. The molecule has 0 aliphatic heterocycles. The highest BCUT2D eigenvalue weighted by atomic mass is 16.4. The molecule has 1 saturated carbocycles. The lowest BCUT2D eigenvalue weighted by Gasteiger charge is -2.16. The largest absolute Gasteiger partial charge is 0.464 e. The first-order chi connectivity index (χ1) is 13.4. The quantitative estimate of drug-likeness (QED) is 0.652. The van der Waals surface area contributed by atoms with E-state index in [0.717, 1.165) is 22.5 Å². The van der Waals surface area contributed by atoms with Gasteiger partial charge in [0.15, 0.2) is 0 Å². The maximum Gasteiger partial charge on any atom is 0.336 e. The third kappa shape index (κ3) is 4.02. The monoisotopic (exact) mass is 380 g/mol. The maximum absolute atomic E-state index is 12.0. The number of hydrogen-bond donors (Lipinski definition) is 1. The van der Waals surface area contributed by atoms with Crippen molar-refractivity contribution >= 4 is 22.6 Å². The van der Waals surface area contributed by atoms with E-state index in [1.165, 1.54) is 19.4 Å². The minimum absolute atomic E-state index is 0.170. The van der Waals surface area contributed by atoms with Gasteiger partial charge in [-0.3, -0.25) is 9.69 Å². The van der Waals surface area contributed by atoms with Crippen molar-refractivity contribution in [3.05, 3.63) is 63.9 Å². The minimum Gasteiger partial charge on any atom is -0.464 e. The number of rotatable bonds is 6. The lowest BCUT2D eigenvalue weighted by atomic mass is 10.1. The Kier molecular flexibility index (Phi) is 4.81. The number of amides is 1. The number of carbonyl (C=O) groups excluding carboxylic acids is 1. The van der Waals surface area contributed by atoms with Gasteiger partial charge in [0.2, 0.25) is 5.91 Å². The summed E-state index contributed by atoms with van der Waals surface area (Å²) in [5.41, 5.74) is 1.54. The average Bonchev–Trinajstić information content (AvgIpc) is 3.16. The molecule has 0 spiro atoms. The molecule has 2 aromatic heterocycles. The summed E-state index contributed by atoms with van der Waals surface area (Å²) in [5.74, 6) is 3.12. The molecule has 2 atom stereocenters. The molecule has 0 bridgehead atoms. The smallest absolute Gasteiger partial charge is 0.336 e. The van der Waals surface area contributed by atoms with Crippen LogP contribution < -0.4 is 10.9 Å². The van der Waals surface area contributed by atoms with Crippen molar-refractivity contribution in [1.29, 1.82) is 0 Å². The molecule has 1 amide bonds. The van der Waals surface area contributed by atoms with E-state index < -0.39 is 5.63 Å². The van der Waals surface area contributed by atoms with Crippen molar-refractivity contribution in [2.24, 2.45) is 5.92 Å². The fourth-order valence-corrected chi connectivity index (χ4v) is 3.65. The SMILES string of the molecule is CC(=O)Nc1ccc2c(CN(C)Cc3ccc([C@H]4C[C@@H]4C)o3)cc(=O)oc2c1. The van der Waals surface area contributed by atoms with Gasteiger partial charge in [0.1, 0.15) is 17.1 Å². The third-order valence-electron chi connectivity index (χ3n) is 5.17. The first-order valence-electron chi connectivity index (χ1n) is 9.50. The standard InChI is InChI=1S/C22H24N2O4/c1-13-8-19(13)20-7-5-17(27-20)12-24(3)11-15-9-22(26)28-21-10-16(23-14(2)25)4-6-18(15)21/h4-7,9-10,13,19H,8,11-12H2,1-3H3,(H,23,25)/t13-,19-/m0/s1. The van der Waals surface area contributed by atoms with Gasteiger partial charge >= 0.3 is 5.63 Å². The lowest BCUT2D eigenvalue weighted by Crippen LogP contribution is -2.18. The van der Waals surface area contributed by atoms with Crippen molar-refractivity contribution in [2.75, 3.05) is 12.4 Å². The van der Waals surface area contributed by atoms with Gasteiger partial charge in [0, 0.05) is 42.6 Å². The molecular weight excluding hydrogens is 356 g/mol. The number of anilines is 1. The van der Waals surface area contributed by atoms with Gasteiger partial charge in [0.25, 0.3) is 0 Å². The molecule has 28 heavy (non-hydrogen) atoms. The topological polar surface area (TPSA) is 75.7 Å². The van der Waals surface area contributed by atoms with Crippen LogP contribution in [0.5, 0.6) is 0 Å². The van der Waals surface area contributed by atoms with Gasteiger partial charge < -0.3 is 14.2 Å². The molecule has 146 valence electrons. The molecule has 4 rings (SSSR count). The van der Waals surface area contributed by atoms with E-state index in [1.54, 1.807) is 6.07 Å². The first-order valence-corrected chi connectivity index (χ1v) is 9.50. The van der Waals surface area contributed by atoms with Crippen LogP contribution in [0.2, 0.25) is 0 Å². The predicted molar refractivity (Wildman–Crippen MR) is 107 cm³/mol. The molecule has 1 aliphatic rings. The molecule has 6 nitrogen and oxygen atoms in total. The average molecular weight is 380 g/mol. The van der Waals surface area contributed by atoms with E-state index >= 15 is 0 Å². The van der Waals surface area contributed by atoms with Crippen LogP contribution in [0.25, 0.3) is 11.0 Å². The van der Waals surface area contributed by atoms with Gasteiger partial charge in [-0.25, -0.2) is 4.79 Å². The number of hydrogen-bond acceptors (Lipinski definition) is 5. The van der Waals surface area contributed by atoms with Gasteiger partial charge in [-0.15, -0.1) is 0 Å². The Labute approximate surface area is 163 Å². The van der Waals surface area contributed by atoms with Crippen LogP contribution in [0, 0.1) is 5.92 Å². The van der Waals surface area contributed by atoms with Crippen LogP contribution in [-0.2, 0) is 17.9 Å². The number of benzene rings is 1. The molecule has 0 saturated heterocycles. The predicted octanol–water partition coefficient (Wildman–Crippen LogP) is 4.10. The van der Waals surface area contributed by atoms with Crippen LogP contribution in [0.15, 0.2) is 50.0 Å². The summed E-state index contributed by atoms with van der Waals surface area (Å²) in [6, 6.07) is 11.0. The van der Waals surface area contributed by atoms with E-state index in [4.69, 9.17) is 8.83 Å². The van der Waals surface area contributed by atoms with Crippen molar-refractivity contribution in [2.45, 2.75) is 39.3 Å². The summed E-state index contributed by atoms with van der Waals surface area (Å²) in [6.45, 7) is 4.92. The summed E-state index contributed by atoms with van der Waals surface area (Å²) in [6.07, 6.45) is 1.20. The van der Waals surface area contributed by atoms with Gasteiger partial charge in [-0.05, 0) is 49.2 Å². The molecule has 1 N–H and O–H groups in total. The molecular formula is C22H24N2O4. The Hall–Kier alpha value is -2.86. The molecule has 6 heteroatoms. The molecule has 2 heterocycles. The number of nitrogens with zero attached hydrogens (tertiary/aromatic N) is 1. The van der Waals surface area contributed by atoms with Crippen molar-refractivity contribution in [1.82, 2.24) is 4.90 Å². The van der Waals surface area contributed by atoms with Crippen LogP contribution in [-0.4, -0.2) is 17.9 Å². The van der Waals surface area contributed by atoms with Crippen molar-refractivity contribution in [3.8, 4) is 0 Å². The Bertz CT molecular complexity index is 1080. The summed E-state index contributed by atoms with van der Waals surface area (Å²) in [4.78, 5) is 25.4. The Balaban J connectivity index is 1.52. The zero-order valence-corrected chi connectivity index (χ0v) is 16.3. The van der Waals surface area contributed by atoms with Crippen molar-refractivity contribution < 1.29 is 13.6 Å². The van der Waals surface area contributed by atoms with Gasteiger partial charge in [-0.1, -0.05) is 6.92 Å². The van der Waals surface area contributed by atoms with E-state index in [0.29, 0.717) is 36.2 Å². The lowest BCUT2D eigenvalue weighted by molar-refractivity contribution is -0.114. The van der Waals surface area contributed by atoms with Crippen molar-refractivity contribution in [3.63, 3.8) is 0 Å². The minimum atomic E-state index is -0.404. The summed E-state index contributed by atoms with van der Waals surface area (Å²) >= 11 is 0. The van der Waals surface area contributed by atoms with E-state index in [9.17, 15) is 9.59 Å². The Morgan fingerprint density at radius 1 is 1.18 bits per heavy atom. The number of nitrogens with one attached hydrogen (secondary N) is 1. The van der Waals surface area contributed by atoms with Crippen LogP contribution in [0.3, 0.4) is 0 Å². The fourth-order valence-electron chi connectivity index (χ4n) is 3.65. The van der Waals surface area contributed by atoms with E-state index in [-0.39, 0.29) is 5.91 Å². The number of carbonyl (C=O) groups is 1. The summed E-state index contributed by atoms with van der Waals surface area (Å²) in [7, 11) is 1.99. The molecule has 1 aliphatic carbocycles. The molecule has 0 unspecified atom stereocenters. The summed E-state index contributed by atoms with van der Waals surface area (Å²) in [5, 5.41) is 3.56. The normalized spacial score (nSPS) is 18.6. The third-order valence-corrected chi connectivity index (χ3v) is 5.17. The zero-order chi connectivity index (χ0) is 19.8. The highest BCUT2D eigenvalue weighted by molar-refractivity contribution is 5.92. The van der Waals surface area contributed by atoms with Gasteiger partial charge in [-0.2, -0.15) is 0 Å². The number of fused-ring (bicyclic) bond motifs is 1. The molecule has 1 fully saturated rings. The number of furan rings is 1. The maximum atomic E-state index is 12.0. The fraction of sp³-hybridized carbons (Fsp3) is 0.364. The van der Waals surface area contributed by atoms with Crippen LogP contribution >= 0.6 is 0 Å². The Morgan fingerprint density at radius 3 is 2.68 bits per heavy atom. The zero-order valence-electron chi connectivity index (χ0n) is 16.3. The molecule has 3 aromatic rings. The molecule has 0 radical (unpaired) electrons. The first kappa shape index (κ1) is 18.5.